The zero-order chi connectivity index (χ0) is 22.6. The van der Waals surface area contributed by atoms with Gasteiger partial charge < -0.3 is 0 Å². The van der Waals surface area contributed by atoms with Crippen LogP contribution < -0.4 is 9.55 Å². The maximum absolute atomic E-state index is 12.6. The van der Waals surface area contributed by atoms with Crippen LogP contribution in [0, 0.1) is 13.8 Å². The van der Waals surface area contributed by atoms with Crippen molar-refractivity contribution in [3.05, 3.63) is 89.5 Å². The molecular formula is C22H23N3O4S2. The molecule has 0 radical (unpaired) electrons. The predicted octanol–water partition coefficient (Wildman–Crippen LogP) is 3.81. The number of nitrogens with one attached hydrogen (secondary N) is 2. The molecule has 31 heavy (non-hydrogen) atoms. The van der Waals surface area contributed by atoms with Gasteiger partial charge in [-0.1, -0.05) is 47.5 Å². The Morgan fingerprint density at radius 1 is 0.742 bits per heavy atom. The first-order chi connectivity index (χ1) is 14.6. The Labute approximate surface area is 182 Å². The number of sulfonamides is 2. The Balaban J connectivity index is 1.78. The highest BCUT2D eigenvalue weighted by Crippen LogP contribution is 2.18. The van der Waals surface area contributed by atoms with E-state index in [0.29, 0.717) is 17.0 Å². The minimum Gasteiger partial charge on any atom is -0.280 e. The van der Waals surface area contributed by atoms with Gasteiger partial charge in [-0.3, -0.25) is 4.72 Å². The molecule has 0 aliphatic rings. The van der Waals surface area contributed by atoms with Gasteiger partial charge in [-0.25, -0.2) is 8.42 Å². The van der Waals surface area contributed by atoms with Crippen molar-refractivity contribution in [3.8, 4) is 0 Å². The lowest BCUT2D eigenvalue weighted by molar-refractivity contribution is 0.584. The van der Waals surface area contributed by atoms with E-state index in [-0.39, 0.29) is 9.79 Å². The zero-order valence-corrected chi connectivity index (χ0v) is 19.0. The SMILES string of the molecule is C/C(=N\NS(=O)(=O)c1ccc(C)cc1)c1cccc(NS(=O)(=O)c2ccc(C)cc2)c1. The van der Waals surface area contributed by atoms with Crippen LogP contribution in [0.3, 0.4) is 0 Å². The number of hydrogen-bond donors (Lipinski definition) is 2. The summed E-state index contributed by atoms with van der Waals surface area (Å²) < 4.78 is 52.5. The highest BCUT2D eigenvalue weighted by molar-refractivity contribution is 7.92. The summed E-state index contributed by atoms with van der Waals surface area (Å²) in [6.45, 7) is 5.37. The summed E-state index contributed by atoms with van der Waals surface area (Å²) in [5.74, 6) is 0. The minimum absolute atomic E-state index is 0.106. The molecule has 0 heterocycles. The van der Waals surface area contributed by atoms with E-state index in [2.05, 4.69) is 14.7 Å². The van der Waals surface area contributed by atoms with Crippen LogP contribution in [0.25, 0.3) is 0 Å². The smallest absolute Gasteiger partial charge is 0.276 e. The molecular weight excluding hydrogens is 434 g/mol. The third kappa shape index (κ3) is 5.71. The summed E-state index contributed by atoms with van der Waals surface area (Å²) in [4.78, 5) is 2.47. The van der Waals surface area contributed by atoms with Crippen molar-refractivity contribution in [1.82, 2.24) is 4.83 Å². The molecule has 0 bridgehead atoms. The van der Waals surface area contributed by atoms with Crippen LogP contribution in [0.2, 0.25) is 0 Å². The lowest BCUT2D eigenvalue weighted by Crippen LogP contribution is -2.20. The van der Waals surface area contributed by atoms with Gasteiger partial charge in [0.05, 0.1) is 15.5 Å². The van der Waals surface area contributed by atoms with Gasteiger partial charge in [-0.05, 0) is 62.7 Å². The Morgan fingerprint density at radius 3 is 1.81 bits per heavy atom. The predicted molar refractivity (Wildman–Crippen MR) is 122 cm³/mol. The van der Waals surface area contributed by atoms with Crippen LogP contribution >= 0.6 is 0 Å². The van der Waals surface area contributed by atoms with Crippen LogP contribution in [-0.2, 0) is 20.0 Å². The van der Waals surface area contributed by atoms with Crippen LogP contribution in [0.4, 0.5) is 5.69 Å². The molecule has 9 heteroatoms. The lowest BCUT2D eigenvalue weighted by atomic mass is 10.1. The van der Waals surface area contributed by atoms with Crippen molar-refractivity contribution in [1.29, 1.82) is 0 Å². The van der Waals surface area contributed by atoms with Crippen molar-refractivity contribution in [2.24, 2.45) is 5.10 Å². The van der Waals surface area contributed by atoms with Crippen LogP contribution in [-0.4, -0.2) is 22.5 Å². The summed E-state index contributed by atoms with van der Waals surface area (Å²) in [7, 11) is -7.56. The summed E-state index contributed by atoms with van der Waals surface area (Å²) in [5, 5.41) is 3.97. The van der Waals surface area contributed by atoms with E-state index in [1.54, 1.807) is 55.5 Å². The number of aryl methyl sites for hydroxylation is 2. The molecule has 0 amide bonds. The van der Waals surface area contributed by atoms with Crippen LogP contribution in [0.5, 0.6) is 0 Å². The average molecular weight is 458 g/mol. The Hall–Kier alpha value is -3.17. The molecule has 0 atom stereocenters. The summed E-state index contributed by atoms with van der Waals surface area (Å²) in [5.41, 5.74) is 3.20. The lowest BCUT2D eigenvalue weighted by Gasteiger charge is -2.10. The average Bonchev–Trinajstić information content (AvgIpc) is 2.72. The van der Waals surface area contributed by atoms with Crippen molar-refractivity contribution in [3.63, 3.8) is 0 Å². The van der Waals surface area contributed by atoms with Gasteiger partial charge in [0.25, 0.3) is 20.0 Å². The van der Waals surface area contributed by atoms with E-state index >= 15 is 0 Å². The van der Waals surface area contributed by atoms with Crippen molar-refractivity contribution >= 4 is 31.4 Å². The van der Waals surface area contributed by atoms with E-state index in [1.165, 1.54) is 24.3 Å². The molecule has 0 saturated carbocycles. The van der Waals surface area contributed by atoms with E-state index < -0.39 is 20.0 Å². The van der Waals surface area contributed by atoms with Gasteiger partial charge in [0, 0.05) is 5.69 Å². The standard InChI is InChI=1S/C22H23N3O4S2/c1-16-7-11-21(12-8-16)30(26,27)24-20-6-4-5-19(15-20)18(3)23-25-31(28,29)22-13-9-17(2)10-14-22/h4-15,24-25H,1-3H3/b23-18+. The number of hydrogen-bond acceptors (Lipinski definition) is 5. The summed E-state index contributed by atoms with van der Waals surface area (Å²) in [6.07, 6.45) is 0. The third-order valence-corrected chi connectivity index (χ3v) is 7.15. The maximum atomic E-state index is 12.6. The molecule has 7 nitrogen and oxygen atoms in total. The number of anilines is 1. The van der Waals surface area contributed by atoms with Gasteiger partial charge in [-0.15, -0.1) is 0 Å². The highest BCUT2D eigenvalue weighted by atomic mass is 32.2. The maximum Gasteiger partial charge on any atom is 0.276 e. The van der Waals surface area contributed by atoms with Crippen molar-refractivity contribution < 1.29 is 16.8 Å². The molecule has 162 valence electrons. The minimum atomic E-state index is -3.81. The first kappa shape index (κ1) is 22.5. The van der Waals surface area contributed by atoms with Gasteiger partial charge in [-0.2, -0.15) is 18.4 Å². The first-order valence-electron chi connectivity index (χ1n) is 9.39. The Kier molecular flexibility index (Phi) is 6.47. The third-order valence-electron chi connectivity index (χ3n) is 4.53. The topological polar surface area (TPSA) is 105 Å². The van der Waals surface area contributed by atoms with Gasteiger partial charge in [0.1, 0.15) is 0 Å². The Bertz CT molecular complexity index is 1310. The van der Waals surface area contributed by atoms with Crippen LogP contribution in [0.1, 0.15) is 23.6 Å². The number of rotatable bonds is 7. The second kappa shape index (κ2) is 8.91. The molecule has 0 aromatic heterocycles. The van der Waals surface area contributed by atoms with Gasteiger partial charge >= 0.3 is 0 Å². The van der Waals surface area contributed by atoms with Crippen molar-refractivity contribution in [2.75, 3.05) is 4.72 Å². The normalized spacial score (nSPS) is 12.4. The number of benzene rings is 3. The van der Waals surface area contributed by atoms with Gasteiger partial charge in [0.15, 0.2) is 0 Å². The largest absolute Gasteiger partial charge is 0.280 e. The molecule has 0 aliphatic heterocycles. The molecule has 3 aromatic rings. The van der Waals surface area contributed by atoms with E-state index in [9.17, 15) is 16.8 Å². The first-order valence-corrected chi connectivity index (χ1v) is 12.4. The Morgan fingerprint density at radius 2 is 1.26 bits per heavy atom. The fourth-order valence-electron chi connectivity index (χ4n) is 2.70. The highest BCUT2D eigenvalue weighted by Gasteiger charge is 2.15. The number of nitrogens with zero attached hydrogens (tertiary/aromatic N) is 1. The molecule has 0 fully saturated rings. The number of hydrazone groups is 1. The van der Waals surface area contributed by atoms with E-state index in [0.717, 1.165) is 11.1 Å². The van der Waals surface area contributed by atoms with E-state index in [4.69, 9.17) is 0 Å². The molecule has 3 rings (SSSR count). The van der Waals surface area contributed by atoms with Crippen molar-refractivity contribution in [2.45, 2.75) is 30.6 Å². The quantitative estimate of drug-likeness (QED) is 0.416. The molecule has 0 aliphatic carbocycles. The monoisotopic (exact) mass is 457 g/mol. The summed E-state index contributed by atoms with van der Waals surface area (Å²) >= 11 is 0. The molecule has 3 aromatic carbocycles. The molecule has 2 N–H and O–H groups in total. The second-order valence-corrected chi connectivity index (χ2v) is 10.4. The molecule has 0 spiro atoms. The zero-order valence-electron chi connectivity index (χ0n) is 17.3. The fourth-order valence-corrected chi connectivity index (χ4v) is 4.61. The molecule has 0 saturated heterocycles. The fraction of sp³-hybridized carbons (Fsp3) is 0.136. The van der Waals surface area contributed by atoms with Crippen LogP contribution in [0.15, 0.2) is 87.7 Å². The summed E-state index contributed by atoms with van der Waals surface area (Å²) in [6, 6.07) is 19.5. The second-order valence-electron chi connectivity index (χ2n) is 7.10. The van der Waals surface area contributed by atoms with E-state index in [1.807, 2.05) is 13.8 Å². The molecule has 0 unspecified atom stereocenters. The van der Waals surface area contributed by atoms with Gasteiger partial charge in [0.2, 0.25) is 0 Å².